The molecule has 4 heteroatoms. The summed E-state index contributed by atoms with van der Waals surface area (Å²) in [6.45, 7) is 28.0. The molecule has 3 aliphatic rings. The topological polar surface area (TPSA) is 9.72 Å². The van der Waals surface area contributed by atoms with Gasteiger partial charge in [0.05, 0.1) is 5.41 Å². The first-order valence-electron chi connectivity index (χ1n) is 29.2. The number of nitrogens with zero attached hydrogens (tertiary/aromatic N) is 3. The van der Waals surface area contributed by atoms with Gasteiger partial charge in [0.25, 0.3) is 6.71 Å². The van der Waals surface area contributed by atoms with Gasteiger partial charge in [-0.25, -0.2) is 0 Å². The van der Waals surface area contributed by atoms with Crippen molar-refractivity contribution in [2.75, 3.05) is 14.7 Å². The van der Waals surface area contributed by atoms with Crippen molar-refractivity contribution >= 4 is 74.3 Å². The quantitative estimate of drug-likeness (QED) is 0.147. The molecule has 81 heavy (non-hydrogen) atoms. The van der Waals surface area contributed by atoms with Crippen molar-refractivity contribution in [3.05, 3.63) is 275 Å². The number of benzene rings is 10. The van der Waals surface area contributed by atoms with Crippen LogP contribution in [-0.4, -0.2) is 6.71 Å². The molecule has 0 bridgehead atoms. The van der Waals surface area contributed by atoms with Crippen LogP contribution in [0.5, 0.6) is 0 Å². The van der Waals surface area contributed by atoms with E-state index < -0.39 is 5.41 Å². The molecule has 0 N–H and O–H groups in total. The summed E-state index contributed by atoms with van der Waals surface area (Å²) in [4.78, 5) is 7.65. The average Bonchev–Trinajstić information content (AvgIpc) is 3.64. The molecule has 2 heterocycles. The zero-order chi connectivity index (χ0) is 56.4. The Morgan fingerprint density at radius 1 is 0.321 bits per heavy atom. The van der Waals surface area contributed by atoms with E-state index >= 15 is 0 Å². The third kappa shape index (κ3) is 8.55. The molecule has 0 aromatic heterocycles. The second kappa shape index (κ2) is 18.9. The lowest BCUT2D eigenvalue weighted by Crippen LogP contribution is -2.61. The summed E-state index contributed by atoms with van der Waals surface area (Å²) in [5.41, 5.74) is 26.4. The van der Waals surface area contributed by atoms with Gasteiger partial charge >= 0.3 is 0 Å². The third-order valence-electron chi connectivity index (χ3n) is 17.7. The summed E-state index contributed by atoms with van der Waals surface area (Å²) in [6, 6.07) is 88.1. The number of hydrogen-bond donors (Lipinski definition) is 0. The van der Waals surface area contributed by atoms with E-state index in [1.165, 1.54) is 94.8 Å². The molecule has 3 nitrogen and oxygen atoms in total. The fraction of sp³-hybridized carbons (Fsp3) is 0.221. The normalized spacial score (nSPS) is 14.2. The molecule has 0 atom stereocenters. The van der Waals surface area contributed by atoms with Crippen LogP contribution in [0.25, 0.3) is 11.1 Å². The molecule has 0 amide bonds. The number of rotatable bonds is 7. The second-order valence-corrected chi connectivity index (χ2v) is 27.1. The first-order chi connectivity index (χ1) is 38.7. The van der Waals surface area contributed by atoms with Gasteiger partial charge in [0, 0.05) is 51.2 Å². The van der Waals surface area contributed by atoms with E-state index in [9.17, 15) is 0 Å². The molecule has 0 saturated carbocycles. The number of anilines is 9. The van der Waals surface area contributed by atoms with Crippen LogP contribution in [-0.2, 0) is 27.1 Å². The van der Waals surface area contributed by atoms with E-state index in [1.54, 1.807) is 0 Å². The van der Waals surface area contributed by atoms with Crippen LogP contribution in [0.2, 0.25) is 0 Å². The summed E-state index contributed by atoms with van der Waals surface area (Å²) in [5.74, 6) is 0. The van der Waals surface area contributed by atoms with Gasteiger partial charge in [-0.05, 0) is 173 Å². The molecule has 10 aromatic rings. The first kappa shape index (κ1) is 52.1. The van der Waals surface area contributed by atoms with Crippen molar-refractivity contribution in [2.45, 2.75) is 110 Å². The van der Waals surface area contributed by atoms with Gasteiger partial charge in [-0.1, -0.05) is 235 Å². The maximum absolute atomic E-state index is 2.64. The van der Waals surface area contributed by atoms with E-state index in [1.807, 2.05) is 0 Å². The summed E-state index contributed by atoms with van der Waals surface area (Å²) in [7, 11) is 0. The van der Waals surface area contributed by atoms with Crippen LogP contribution in [0, 0.1) is 0 Å². The lowest BCUT2D eigenvalue weighted by molar-refractivity contribution is 0.588. The van der Waals surface area contributed by atoms with Crippen molar-refractivity contribution in [1.29, 1.82) is 0 Å². The molecule has 13 rings (SSSR count). The van der Waals surface area contributed by atoms with Crippen molar-refractivity contribution < 1.29 is 0 Å². The lowest BCUT2D eigenvalue weighted by Gasteiger charge is -2.46. The van der Waals surface area contributed by atoms with Crippen LogP contribution in [0.4, 0.5) is 51.2 Å². The van der Waals surface area contributed by atoms with Crippen molar-refractivity contribution in [3.63, 3.8) is 0 Å². The minimum absolute atomic E-state index is 0.00647. The Morgan fingerprint density at radius 2 is 0.765 bits per heavy atom. The van der Waals surface area contributed by atoms with E-state index in [2.05, 4.69) is 328 Å². The predicted molar refractivity (Wildman–Crippen MR) is 347 cm³/mol. The van der Waals surface area contributed by atoms with Gasteiger partial charge in [-0.15, -0.1) is 0 Å². The number of fused-ring (bicyclic) bond motifs is 7. The molecule has 0 fully saturated rings. The smallest absolute Gasteiger partial charge is 0.252 e. The molecule has 2 aliphatic heterocycles. The summed E-state index contributed by atoms with van der Waals surface area (Å²) < 4.78 is 0. The Kier molecular flexibility index (Phi) is 12.1. The third-order valence-corrected chi connectivity index (χ3v) is 17.7. The standard InChI is InChI=1S/C77H74BN3/c1-73(2,3)51-33-37-59(38-34-51)80-69-50-61(79(57-29-21-15-22-30-57)58-31-23-16-24-32-58)40-43-66(69)78-67-46-55(75(7,8)9)36-44-68(67)81(71-48-56(76(10,11)12)47-70(80)72(71)78)60-39-42-63-62-41-35-54(74(4,5)6)45-64(62)77(65(63)49-60,52-25-17-13-18-26-52)53-27-19-14-20-28-53/h13-50H,1-12H3. The van der Waals surface area contributed by atoms with E-state index in [4.69, 9.17) is 0 Å². The summed E-state index contributed by atoms with van der Waals surface area (Å²) >= 11 is 0. The average molecular weight is 1050 g/mol. The molecule has 10 aromatic carbocycles. The van der Waals surface area contributed by atoms with Crippen LogP contribution < -0.4 is 31.1 Å². The van der Waals surface area contributed by atoms with Gasteiger partial charge in [0.1, 0.15) is 0 Å². The van der Waals surface area contributed by atoms with Crippen molar-refractivity contribution in [3.8, 4) is 11.1 Å². The number of hydrogen-bond acceptors (Lipinski definition) is 3. The largest absolute Gasteiger partial charge is 0.311 e. The Bertz CT molecular complexity index is 3940. The second-order valence-electron chi connectivity index (χ2n) is 27.1. The first-order valence-corrected chi connectivity index (χ1v) is 29.2. The summed E-state index contributed by atoms with van der Waals surface area (Å²) in [5, 5.41) is 0. The number of para-hydroxylation sites is 2. The molecule has 0 spiro atoms. The van der Waals surface area contributed by atoms with Crippen molar-refractivity contribution in [2.24, 2.45) is 0 Å². The van der Waals surface area contributed by atoms with Gasteiger partial charge in [0.15, 0.2) is 0 Å². The SMILES string of the molecule is CC(C)(C)c1ccc(N2c3cc(N(c4ccccc4)c4ccccc4)ccc3B3c4cc(C(C)(C)C)ccc4N(c4ccc5c(c4)C(c4ccccc4)(c4ccccc4)c4cc(C(C)(C)C)ccc4-5)c4cc(C(C)(C)C)cc2c43)cc1. The highest BCUT2D eigenvalue weighted by Gasteiger charge is 2.49. The van der Waals surface area contributed by atoms with Crippen molar-refractivity contribution in [1.82, 2.24) is 0 Å². The zero-order valence-corrected chi connectivity index (χ0v) is 49.4. The summed E-state index contributed by atoms with van der Waals surface area (Å²) in [6.07, 6.45) is 0. The van der Waals surface area contributed by atoms with E-state index in [0.29, 0.717) is 0 Å². The fourth-order valence-corrected chi connectivity index (χ4v) is 13.4. The predicted octanol–water partition coefficient (Wildman–Crippen LogP) is 18.8. The molecule has 0 saturated heterocycles. The maximum Gasteiger partial charge on any atom is 0.252 e. The molecule has 0 unspecified atom stereocenters. The van der Waals surface area contributed by atoms with Crippen LogP contribution in [0.15, 0.2) is 231 Å². The molecular weight excluding hydrogens is 978 g/mol. The molecule has 1 aliphatic carbocycles. The Labute approximate surface area is 482 Å². The van der Waals surface area contributed by atoms with Crippen LogP contribution >= 0.6 is 0 Å². The van der Waals surface area contributed by atoms with Crippen LogP contribution in [0.1, 0.15) is 128 Å². The van der Waals surface area contributed by atoms with E-state index in [0.717, 1.165) is 28.4 Å². The highest BCUT2D eigenvalue weighted by atomic mass is 15.2. The Hall–Kier alpha value is -8.34. The minimum atomic E-state index is -0.589. The van der Waals surface area contributed by atoms with Crippen LogP contribution in [0.3, 0.4) is 0 Å². The molecule has 0 radical (unpaired) electrons. The Morgan fingerprint density at radius 3 is 1.30 bits per heavy atom. The van der Waals surface area contributed by atoms with Gasteiger partial charge in [-0.2, -0.15) is 0 Å². The fourth-order valence-electron chi connectivity index (χ4n) is 13.4. The van der Waals surface area contributed by atoms with Gasteiger partial charge < -0.3 is 14.7 Å². The minimum Gasteiger partial charge on any atom is -0.311 e. The Balaban J connectivity index is 1.12. The molecular formula is C77H74BN3. The maximum atomic E-state index is 2.64. The van der Waals surface area contributed by atoms with Gasteiger partial charge in [0.2, 0.25) is 0 Å². The lowest BCUT2D eigenvalue weighted by atomic mass is 9.33. The molecule has 400 valence electrons. The highest BCUT2D eigenvalue weighted by molar-refractivity contribution is 7.00. The van der Waals surface area contributed by atoms with Gasteiger partial charge in [-0.3, -0.25) is 0 Å². The zero-order valence-electron chi connectivity index (χ0n) is 49.4. The van der Waals surface area contributed by atoms with E-state index in [-0.39, 0.29) is 28.4 Å². The highest BCUT2D eigenvalue weighted by Crippen LogP contribution is 2.59. The monoisotopic (exact) mass is 1050 g/mol.